The molecule has 0 aromatic heterocycles. The Kier molecular flexibility index (Phi) is 10.5. The van der Waals surface area contributed by atoms with Crippen molar-refractivity contribution in [3.8, 4) is 5.75 Å². The summed E-state index contributed by atoms with van der Waals surface area (Å²) in [5, 5.41) is 10.4. The molecular weight excluding hydrogens is 406 g/mol. The summed E-state index contributed by atoms with van der Waals surface area (Å²) in [6.07, 6.45) is 8.15. The van der Waals surface area contributed by atoms with Gasteiger partial charge in [0.2, 0.25) is 0 Å². The fourth-order valence-electron chi connectivity index (χ4n) is 2.22. The molecule has 0 radical (unpaired) electrons. The number of benzene rings is 1. The van der Waals surface area contributed by atoms with E-state index >= 15 is 0 Å². The molecule has 0 aliphatic rings. The molecule has 1 rings (SSSR count). The molecular formula is C17H21Cl3FO3Si-. The number of hydrogen-bond donors (Lipinski definition) is 0. The molecule has 0 fully saturated rings. The van der Waals surface area contributed by atoms with Gasteiger partial charge in [0.25, 0.3) is 0 Å². The zero-order valence-corrected chi connectivity index (χ0v) is 17.0. The molecule has 0 atom stereocenters. The van der Waals surface area contributed by atoms with E-state index in [1.54, 1.807) is 0 Å². The normalized spacial score (nSPS) is 11.8. The van der Waals surface area contributed by atoms with E-state index in [4.69, 9.17) is 38.0 Å². The van der Waals surface area contributed by atoms with Crippen LogP contribution in [0.5, 0.6) is 5.75 Å². The number of ether oxygens (including phenoxy) is 1. The third-order valence-corrected chi connectivity index (χ3v) is 6.10. The minimum atomic E-state index is -2.48. The van der Waals surface area contributed by atoms with Crippen molar-refractivity contribution in [2.75, 3.05) is 6.61 Å². The zero-order chi connectivity index (χ0) is 18.7. The van der Waals surface area contributed by atoms with Gasteiger partial charge < -0.3 is 14.6 Å². The molecule has 1 aromatic carbocycles. The lowest BCUT2D eigenvalue weighted by atomic mass is 10.1. The summed E-state index contributed by atoms with van der Waals surface area (Å²) >= 11 is 17.5. The van der Waals surface area contributed by atoms with E-state index in [9.17, 15) is 14.3 Å². The summed E-state index contributed by atoms with van der Waals surface area (Å²) in [5.41, 5.74) is 0.540. The van der Waals surface area contributed by atoms with Crippen molar-refractivity contribution in [1.82, 2.24) is 0 Å². The van der Waals surface area contributed by atoms with Gasteiger partial charge in [-0.2, -0.15) is 0 Å². The Morgan fingerprint density at radius 1 is 1.12 bits per heavy atom. The standard InChI is InChI=1S/C17H22Cl3FO3Si/c18-25(19,20)12-6-4-2-1-3-5-11-24-16-13-14(7-9-15(16)21)8-10-17(22)23/h7-10,13H,1-6,11-12H2,(H,22,23)/p-1/b10-8+. The molecule has 3 nitrogen and oxygen atoms in total. The van der Waals surface area contributed by atoms with Crippen LogP contribution in [0.25, 0.3) is 6.08 Å². The first-order chi connectivity index (χ1) is 11.8. The van der Waals surface area contributed by atoms with Gasteiger partial charge in [0, 0.05) is 0 Å². The van der Waals surface area contributed by atoms with Crippen LogP contribution >= 0.6 is 33.2 Å². The minimum Gasteiger partial charge on any atom is -0.545 e. The van der Waals surface area contributed by atoms with Gasteiger partial charge in [-0.3, -0.25) is 0 Å². The second-order valence-electron chi connectivity index (χ2n) is 5.68. The van der Waals surface area contributed by atoms with Gasteiger partial charge >= 0.3 is 6.00 Å². The molecule has 1 aromatic rings. The van der Waals surface area contributed by atoms with Crippen LogP contribution in [0.3, 0.4) is 0 Å². The van der Waals surface area contributed by atoms with Crippen LogP contribution in [-0.4, -0.2) is 18.6 Å². The first-order valence-electron chi connectivity index (χ1n) is 8.16. The van der Waals surface area contributed by atoms with Crippen LogP contribution in [0.1, 0.15) is 44.1 Å². The molecule has 25 heavy (non-hydrogen) atoms. The lowest BCUT2D eigenvalue weighted by Gasteiger charge is -2.09. The lowest BCUT2D eigenvalue weighted by Crippen LogP contribution is -2.18. The average Bonchev–Trinajstić information content (AvgIpc) is 2.52. The van der Waals surface area contributed by atoms with Crippen molar-refractivity contribution in [1.29, 1.82) is 0 Å². The Balaban J connectivity index is 2.21. The van der Waals surface area contributed by atoms with E-state index in [1.807, 2.05) is 0 Å². The number of carboxylic acids is 1. The SMILES string of the molecule is O=C([O-])/C=C/c1ccc(F)c(OCCCCCCCC[Si](Cl)(Cl)Cl)c1. The lowest BCUT2D eigenvalue weighted by molar-refractivity contribution is -0.297. The Labute approximate surface area is 162 Å². The molecule has 0 saturated carbocycles. The monoisotopic (exact) mass is 425 g/mol. The molecule has 0 amide bonds. The molecule has 8 heteroatoms. The Morgan fingerprint density at radius 2 is 1.76 bits per heavy atom. The highest BCUT2D eigenvalue weighted by molar-refractivity contribution is 7.64. The van der Waals surface area contributed by atoms with E-state index in [1.165, 1.54) is 24.3 Å². The number of carbonyl (C=O) groups is 1. The first kappa shape index (κ1) is 22.3. The van der Waals surface area contributed by atoms with E-state index in [2.05, 4.69) is 0 Å². The van der Waals surface area contributed by atoms with E-state index in [0.717, 1.165) is 44.6 Å². The van der Waals surface area contributed by atoms with Gasteiger partial charge in [-0.15, -0.1) is 33.2 Å². The number of carbonyl (C=O) groups excluding carboxylic acids is 1. The summed E-state index contributed by atoms with van der Waals surface area (Å²) in [5.74, 6) is -1.66. The molecule has 0 bridgehead atoms. The quantitative estimate of drug-likeness (QED) is 0.205. The number of hydrogen-bond acceptors (Lipinski definition) is 3. The summed E-state index contributed by atoms with van der Waals surface area (Å²) < 4.78 is 19.1. The number of carboxylic acid groups (broad SMARTS) is 1. The van der Waals surface area contributed by atoms with Crippen molar-refractivity contribution in [3.05, 3.63) is 35.7 Å². The Morgan fingerprint density at radius 3 is 2.40 bits per heavy atom. The van der Waals surface area contributed by atoms with E-state index in [-0.39, 0.29) is 5.75 Å². The minimum absolute atomic E-state index is 0.119. The summed E-state index contributed by atoms with van der Waals surface area (Å²) in [6.45, 7) is 0.408. The number of aliphatic carboxylic acids is 1. The van der Waals surface area contributed by atoms with E-state index < -0.39 is 17.8 Å². The topological polar surface area (TPSA) is 49.4 Å². The van der Waals surface area contributed by atoms with Crippen LogP contribution < -0.4 is 9.84 Å². The second-order valence-corrected chi connectivity index (χ2v) is 15.0. The molecule has 140 valence electrons. The summed E-state index contributed by atoms with van der Waals surface area (Å²) in [7, 11) is 0. The predicted octanol–water partition coefficient (Wildman–Crippen LogP) is 4.96. The highest BCUT2D eigenvalue weighted by atomic mass is 35.8. The number of unbranched alkanes of at least 4 members (excludes halogenated alkanes) is 5. The van der Waals surface area contributed by atoms with Crippen LogP contribution in [0.15, 0.2) is 24.3 Å². The van der Waals surface area contributed by atoms with Crippen molar-refractivity contribution in [2.24, 2.45) is 0 Å². The van der Waals surface area contributed by atoms with E-state index in [0.29, 0.717) is 18.2 Å². The van der Waals surface area contributed by atoms with Crippen LogP contribution in [0.2, 0.25) is 6.04 Å². The largest absolute Gasteiger partial charge is 0.545 e. The molecule has 0 unspecified atom stereocenters. The molecule has 0 saturated heterocycles. The fourth-order valence-corrected chi connectivity index (χ4v) is 4.07. The van der Waals surface area contributed by atoms with Crippen molar-refractivity contribution in [2.45, 2.75) is 44.6 Å². The second kappa shape index (κ2) is 11.8. The van der Waals surface area contributed by atoms with Gasteiger partial charge in [0.15, 0.2) is 11.6 Å². The molecule has 0 spiro atoms. The van der Waals surface area contributed by atoms with Crippen molar-refractivity contribution in [3.63, 3.8) is 0 Å². The first-order valence-corrected chi connectivity index (χ1v) is 13.4. The third kappa shape index (κ3) is 11.5. The van der Waals surface area contributed by atoms with Crippen LogP contribution in [0, 0.1) is 5.82 Å². The maximum atomic E-state index is 13.7. The molecule has 0 aliphatic carbocycles. The third-order valence-electron chi connectivity index (χ3n) is 3.48. The highest BCUT2D eigenvalue weighted by Crippen LogP contribution is 2.27. The van der Waals surface area contributed by atoms with Gasteiger partial charge in [-0.1, -0.05) is 44.2 Å². The summed E-state index contributed by atoms with van der Waals surface area (Å²) in [6, 6.07) is 2.41. The van der Waals surface area contributed by atoms with Gasteiger partial charge in [-0.25, -0.2) is 4.39 Å². The zero-order valence-electron chi connectivity index (χ0n) is 13.8. The number of halogens is 4. The Bertz CT molecular complexity index is 577. The predicted molar refractivity (Wildman–Crippen MR) is 102 cm³/mol. The van der Waals surface area contributed by atoms with Gasteiger partial charge in [-0.05, 0) is 36.2 Å². The average molecular weight is 427 g/mol. The van der Waals surface area contributed by atoms with Gasteiger partial charge in [0.05, 0.1) is 12.6 Å². The smallest absolute Gasteiger partial charge is 0.341 e. The maximum Gasteiger partial charge on any atom is 0.341 e. The molecule has 0 heterocycles. The van der Waals surface area contributed by atoms with Crippen molar-refractivity contribution < 1.29 is 19.0 Å². The fraction of sp³-hybridized carbons (Fsp3) is 0.471. The maximum absolute atomic E-state index is 13.7. The Hall–Kier alpha value is -0.753. The molecule has 0 aliphatic heterocycles. The van der Waals surface area contributed by atoms with Crippen LogP contribution in [-0.2, 0) is 4.79 Å². The van der Waals surface area contributed by atoms with Crippen molar-refractivity contribution >= 4 is 51.3 Å². The number of rotatable bonds is 12. The summed E-state index contributed by atoms with van der Waals surface area (Å²) in [4.78, 5) is 10.4. The highest BCUT2D eigenvalue weighted by Gasteiger charge is 2.23. The molecule has 0 N–H and O–H groups in total. The van der Waals surface area contributed by atoms with Gasteiger partial charge in [0.1, 0.15) is 0 Å². The van der Waals surface area contributed by atoms with Crippen LogP contribution in [0.4, 0.5) is 4.39 Å².